The van der Waals surface area contributed by atoms with Crippen LogP contribution in [0, 0.1) is 0 Å². The monoisotopic (exact) mass is 746 g/mol. The second-order valence-corrected chi connectivity index (χ2v) is 15.4. The van der Waals surface area contributed by atoms with E-state index in [1.807, 2.05) is 6.07 Å². The zero-order valence-corrected chi connectivity index (χ0v) is 31.7. The molecule has 0 atom stereocenters. The van der Waals surface area contributed by atoms with Gasteiger partial charge in [0.2, 0.25) is 0 Å². The van der Waals surface area contributed by atoms with Crippen LogP contribution in [0.25, 0.3) is 86.9 Å². The lowest BCUT2D eigenvalue weighted by atomic mass is 9.93. The number of thiazole rings is 1. The van der Waals surface area contributed by atoms with Crippen molar-refractivity contribution in [3.63, 3.8) is 0 Å². The summed E-state index contributed by atoms with van der Waals surface area (Å²) >= 11 is 1.72. The second kappa shape index (κ2) is 13.8. The first-order chi connectivity index (χ1) is 28.2. The molecule has 0 aliphatic heterocycles. The number of furan rings is 1. The summed E-state index contributed by atoms with van der Waals surface area (Å²) in [4.78, 5) is 7.33. The Kier molecular flexibility index (Phi) is 8.01. The van der Waals surface area contributed by atoms with E-state index in [0.29, 0.717) is 0 Å². The lowest BCUT2D eigenvalue weighted by Gasteiger charge is -2.27. The van der Waals surface area contributed by atoms with Gasteiger partial charge in [-0.2, -0.15) is 0 Å². The van der Waals surface area contributed by atoms with Gasteiger partial charge in [0.05, 0.1) is 10.2 Å². The van der Waals surface area contributed by atoms with Crippen molar-refractivity contribution in [1.82, 2.24) is 4.98 Å². The van der Waals surface area contributed by atoms with Crippen molar-refractivity contribution in [2.45, 2.75) is 0 Å². The van der Waals surface area contributed by atoms with Gasteiger partial charge in [-0.15, -0.1) is 11.3 Å². The van der Waals surface area contributed by atoms with Crippen molar-refractivity contribution in [1.29, 1.82) is 0 Å². The average molecular weight is 747 g/mol. The largest absolute Gasteiger partial charge is 0.456 e. The molecule has 0 bridgehead atoms. The summed E-state index contributed by atoms with van der Waals surface area (Å²) < 4.78 is 7.75. The van der Waals surface area contributed by atoms with E-state index < -0.39 is 0 Å². The number of hydrogen-bond acceptors (Lipinski definition) is 4. The Balaban J connectivity index is 1.04. The highest BCUT2D eigenvalue weighted by Gasteiger charge is 2.19. The van der Waals surface area contributed by atoms with Gasteiger partial charge in [-0.1, -0.05) is 146 Å². The number of hydrogen-bond donors (Lipinski definition) is 0. The SMILES string of the molecule is c1ccc(-c2ccc(N(c3ccc(-c4ccc5c(c4)oc4cc6nc(-c7ccccc7)sc6cc45)c(-c4ccccc4)c3)c3ccc4ccccc4c3)cc2)cc1. The molecule has 2 aromatic heterocycles. The minimum absolute atomic E-state index is 0.850. The van der Waals surface area contributed by atoms with Crippen LogP contribution in [-0.2, 0) is 0 Å². The molecule has 2 heterocycles. The molecule has 0 radical (unpaired) electrons. The predicted octanol–water partition coefficient (Wildman–Crippen LogP) is 15.5. The number of fused-ring (bicyclic) bond motifs is 5. The molecule has 0 aliphatic carbocycles. The van der Waals surface area contributed by atoms with Gasteiger partial charge in [0.25, 0.3) is 0 Å². The molecule has 3 nitrogen and oxygen atoms in total. The summed E-state index contributed by atoms with van der Waals surface area (Å²) in [5.74, 6) is 0. The van der Waals surface area contributed by atoms with E-state index in [1.165, 1.54) is 21.9 Å². The standard InChI is InChI=1S/C53H34N2OS/c1-4-12-35(13-5-1)37-20-24-42(25-21-37)55(43-26-22-36-14-10-11-19-40(36)30-43)44-27-29-45(47(32-44)38-15-6-2-7-16-38)41-23-28-46-48-33-52-49(34-51(48)56-50(46)31-41)54-53(57-52)39-17-8-3-9-18-39/h1-34H. The molecule has 11 aromatic rings. The normalized spacial score (nSPS) is 11.5. The summed E-state index contributed by atoms with van der Waals surface area (Å²) in [6, 6.07) is 73.6. The second-order valence-electron chi connectivity index (χ2n) is 14.4. The lowest BCUT2D eigenvalue weighted by Crippen LogP contribution is -2.10. The van der Waals surface area contributed by atoms with Crippen molar-refractivity contribution < 1.29 is 4.42 Å². The fourth-order valence-electron chi connectivity index (χ4n) is 8.05. The summed E-state index contributed by atoms with van der Waals surface area (Å²) in [7, 11) is 0. The minimum Gasteiger partial charge on any atom is -0.456 e. The molecule has 0 fully saturated rings. The molecule has 0 N–H and O–H groups in total. The van der Waals surface area contributed by atoms with Gasteiger partial charge >= 0.3 is 0 Å². The summed E-state index contributed by atoms with van der Waals surface area (Å²) in [6.45, 7) is 0. The Morgan fingerprint density at radius 2 is 0.982 bits per heavy atom. The Bertz CT molecular complexity index is 3220. The van der Waals surface area contributed by atoms with Gasteiger partial charge in [0.1, 0.15) is 16.2 Å². The zero-order chi connectivity index (χ0) is 37.7. The number of anilines is 3. The molecule has 0 aliphatic rings. The molecular formula is C53H34N2OS. The topological polar surface area (TPSA) is 29.3 Å². The van der Waals surface area contributed by atoms with E-state index in [2.05, 4.69) is 205 Å². The van der Waals surface area contributed by atoms with E-state index in [9.17, 15) is 0 Å². The first-order valence-electron chi connectivity index (χ1n) is 19.2. The van der Waals surface area contributed by atoms with Crippen LogP contribution in [0.1, 0.15) is 0 Å². The Morgan fingerprint density at radius 1 is 0.386 bits per heavy atom. The molecule has 0 amide bonds. The van der Waals surface area contributed by atoms with E-state index >= 15 is 0 Å². The quantitative estimate of drug-likeness (QED) is 0.163. The maximum Gasteiger partial charge on any atom is 0.137 e. The number of aromatic nitrogens is 1. The van der Waals surface area contributed by atoms with Gasteiger partial charge < -0.3 is 9.32 Å². The van der Waals surface area contributed by atoms with Crippen LogP contribution < -0.4 is 4.90 Å². The molecule has 0 saturated heterocycles. The molecule has 0 saturated carbocycles. The summed E-state index contributed by atoms with van der Waals surface area (Å²) in [6.07, 6.45) is 0. The van der Waals surface area contributed by atoms with Crippen molar-refractivity contribution in [3.05, 3.63) is 206 Å². The van der Waals surface area contributed by atoms with Crippen molar-refractivity contribution >= 4 is 71.3 Å². The number of nitrogens with zero attached hydrogens (tertiary/aromatic N) is 2. The molecule has 9 aromatic carbocycles. The fraction of sp³-hybridized carbons (Fsp3) is 0. The molecule has 0 unspecified atom stereocenters. The predicted molar refractivity (Wildman–Crippen MR) is 241 cm³/mol. The van der Waals surface area contributed by atoms with E-state index in [-0.39, 0.29) is 0 Å². The third kappa shape index (κ3) is 6.04. The summed E-state index contributed by atoms with van der Waals surface area (Å²) in [5.41, 5.74) is 14.0. The first kappa shape index (κ1) is 33.1. The van der Waals surface area contributed by atoms with Crippen LogP contribution in [0.3, 0.4) is 0 Å². The van der Waals surface area contributed by atoms with Crippen LogP contribution in [0.4, 0.5) is 17.1 Å². The van der Waals surface area contributed by atoms with Gasteiger partial charge in [0, 0.05) is 39.5 Å². The Hall–Kier alpha value is -7.27. The van der Waals surface area contributed by atoms with Gasteiger partial charge in [-0.25, -0.2) is 4.98 Å². The van der Waals surface area contributed by atoms with Crippen LogP contribution >= 0.6 is 11.3 Å². The molecule has 11 rings (SSSR count). The molecule has 0 spiro atoms. The van der Waals surface area contributed by atoms with E-state index in [1.54, 1.807) is 11.3 Å². The first-order valence-corrected chi connectivity index (χ1v) is 20.0. The molecule has 57 heavy (non-hydrogen) atoms. The third-order valence-corrected chi connectivity index (χ3v) is 12.0. The highest BCUT2D eigenvalue weighted by atomic mass is 32.1. The maximum absolute atomic E-state index is 6.59. The molecule has 4 heteroatoms. The highest BCUT2D eigenvalue weighted by Crippen LogP contribution is 2.43. The number of rotatable bonds is 7. The maximum atomic E-state index is 6.59. The molecular weight excluding hydrogens is 713 g/mol. The van der Waals surface area contributed by atoms with Crippen molar-refractivity contribution in [2.75, 3.05) is 4.90 Å². The van der Waals surface area contributed by atoms with E-state index in [4.69, 9.17) is 9.40 Å². The molecule has 268 valence electrons. The Labute approximate surface area is 334 Å². The van der Waals surface area contributed by atoms with Crippen LogP contribution in [-0.4, -0.2) is 4.98 Å². The van der Waals surface area contributed by atoms with Gasteiger partial charge in [-0.3, -0.25) is 0 Å². The zero-order valence-electron chi connectivity index (χ0n) is 30.8. The average Bonchev–Trinajstić information content (AvgIpc) is 3.87. The minimum atomic E-state index is 0.850. The third-order valence-electron chi connectivity index (χ3n) is 10.9. The number of benzene rings is 9. The van der Waals surface area contributed by atoms with Gasteiger partial charge in [-0.05, 0) is 98.8 Å². The van der Waals surface area contributed by atoms with E-state index in [0.717, 1.165) is 82.0 Å². The smallest absolute Gasteiger partial charge is 0.137 e. The van der Waals surface area contributed by atoms with Crippen molar-refractivity contribution in [3.8, 4) is 44.0 Å². The highest BCUT2D eigenvalue weighted by molar-refractivity contribution is 7.21. The van der Waals surface area contributed by atoms with Crippen LogP contribution in [0.2, 0.25) is 0 Å². The fourth-order valence-corrected chi connectivity index (χ4v) is 9.04. The van der Waals surface area contributed by atoms with Crippen molar-refractivity contribution in [2.24, 2.45) is 0 Å². The summed E-state index contributed by atoms with van der Waals surface area (Å²) in [5, 5.41) is 5.65. The lowest BCUT2D eigenvalue weighted by molar-refractivity contribution is 0.669. The van der Waals surface area contributed by atoms with Gasteiger partial charge in [0.15, 0.2) is 0 Å². The Morgan fingerprint density at radius 3 is 1.75 bits per heavy atom. The van der Waals surface area contributed by atoms with Crippen LogP contribution in [0.15, 0.2) is 211 Å². The van der Waals surface area contributed by atoms with Crippen LogP contribution in [0.5, 0.6) is 0 Å².